The van der Waals surface area contributed by atoms with E-state index in [1.807, 2.05) is 0 Å². The topological polar surface area (TPSA) is 78.1 Å². The monoisotopic (exact) mass is 261 g/mol. The number of nitrogens with two attached hydrogens (primary N) is 1. The van der Waals surface area contributed by atoms with E-state index in [1.165, 1.54) is 24.5 Å². The van der Waals surface area contributed by atoms with Crippen LogP contribution in [0.25, 0.3) is 0 Å². The first-order valence-electron chi connectivity index (χ1n) is 5.61. The van der Waals surface area contributed by atoms with Gasteiger partial charge in [-0.05, 0) is 24.6 Å². The summed E-state index contributed by atoms with van der Waals surface area (Å²) in [5.74, 6) is -0.998. The van der Waals surface area contributed by atoms with E-state index < -0.39 is 12.1 Å². The van der Waals surface area contributed by atoms with Crippen molar-refractivity contribution in [3.8, 4) is 0 Å². The van der Waals surface area contributed by atoms with Crippen LogP contribution in [0.3, 0.4) is 0 Å². The van der Waals surface area contributed by atoms with E-state index in [2.05, 4.69) is 9.97 Å². The number of anilines is 1. The number of hydrogen-bond acceptors (Lipinski definition) is 5. The maximum atomic E-state index is 12.8. The molecule has 2 rings (SSSR count). The van der Waals surface area contributed by atoms with Crippen molar-refractivity contribution in [2.45, 2.75) is 13.0 Å². The number of nitrogen functional groups attached to an aromatic ring is 1. The van der Waals surface area contributed by atoms with Gasteiger partial charge in [0.25, 0.3) is 0 Å². The minimum Gasteiger partial charge on any atom is -0.453 e. The third kappa shape index (κ3) is 3.04. The van der Waals surface area contributed by atoms with Gasteiger partial charge in [-0.15, -0.1) is 0 Å². The van der Waals surface area contributed by atoms with Gasteiger partial charge in [0, 0.05) is 12.4 Å². The Balaban J connectivity index is 2.11. The maximum absolute atomic E-state index is 12.8. The molecule has 2 aromatic rings. The summed E-state index contributed by atoms with van der Waals surface area (Å²) < 4.78 is 18.0. The van der Waals surface area contributed by atoms with E-state index in [0.29, 0.717) is 5.56 Å². The van der Waals surface area contributed by atoms with Crippen LogP contribution in [0.4, 0.5) is 10.2 Å². The molecule has 98 valence electrons. The lowest BCUT2D eigenvalue weighted by molar-refractivity contribution is 0.0331. The highest BCUT2D eigenvalue weighted by atomic mass is 19.1. The van der Waals surface area contributed by atoms with Crippen molar-refractivity contribution < 1.29 is 13.9 Å². The van der Waals surface area contributed by atoms with Crippen LogP contribution in [0.15, 0.2) is 36.7 Å². The van der Waals surface area contributed by atoms with E-state index in [9.17, 15) is 9.18 Å². The molecular formula is C13H12FN3O2. The fraction of sp³-hybridized carbons (Fsp3) is 0.154. The predicted octanol–water partition coefficient (Wildman–Crippen LogP) is 2.12. The van der Waals surface area contributed by atoms with E-state index in [1.54, 1.807) is 19.1 Å². The van der Waals surface area contributed by atoms with E-state index >= 15 is 0 Å². The van der Waals surface area contributed by atoms with Gasteiger partial charge in [-0.1, -0.05) is 12.1 Å². The second-order valence-corrected chi connectivity index (χ2v) is 3.89. The minimum atomic E-state index is -0.664. The van der Waals surface area contributed by atoms with Crippen LogP contribution >= 0.6 is 0 Å². The zero-order valence-electron chi connectivity index (χ0n) is 10.2. The molecule has 0 amide bonds. The van der Waals surface area contributed by atoms with Gasteiger partial charge < -0.3 is 10.5 Å². The molecule has 0 fully saturated rings. The van der Waals surface area contributed by atoms with Gasteiger partial charge in [0.05, 0.1) is 0 Å². The van der Waals surface area contributed by atoms with E-state index in [0.717, 1.165) is 0 Å². The summed E-state index contributed by atoms with van der Waals surface area (Å²) in [6.07, 6.45) is 2.21. The van der Waals surface area contributed by atoms with Crippen molar-refractivity contribution in [3.63, 3.8) is 0 Å². The Morgan fingerprint density at radius 3 is 2.53 bits per heavy atom. The molecule has 19 heavy (non-hydrogen) atoms. The number of halogens is 1. The molecule has 1 atom stereocenters. The van der Waals surface area contributed by atoms with Gasteiger partial charge in [-0.2, -0.15) is 0 Å². The first-order chi connectivity index (χ1) is 9.08. The number of ether oxygens (including phenoxy) is 1. The van der Waals surface area contributed by atoms with Crippen molar-refractivity contribution in [1.82, 2.24) is 9.97 Å². The summed E-state index contributed by atoms with van der Waals surface area (Å²) in [5, 5.41) is 0. The van der Waals surface area contributed by atoms with Crippen LogP contribution in [-0.4, -0.2) is 15.9 Å². The lowest BCUT2D eigenvalue weighted by atomic mass is 10.1. The molecule has 0 saturated heterocycles. The number of rotatable bonds is 3. The molecule has 1 aromatic carbocycles. The third-order valence-corrected chi connectivity index (χ3v) is 2.54. The van der Waals surface area contributed by atoms with Crippen molar-refractivity contribution in [2.24, 2.45) is 0 Å². The highest BCUT2D eigenvalue weighted by molar-refractivity contribution is 5.91. The number of benzene rings is 1. The Hall–Kier alpha value is -2.50. The normalized spacial score (nSPS) is 11.9. The van der Waals surface area contributed by atoms with Crippen LogP contribution < -0.4 is 5.73 Å². The van der Waals surface area contributed by atoms with Crippen molar-refractivity contribution in [3.05, 3.63) is 53.7 Å². The number of nitrogens with zero attached hydrogens (tertiary/aromatic N) is 2. The molecule has 0 aliphatic heterocycles. The zero-order chi connectivity index (χ0) is 13.8. The summed E-state index contributed by atoms with van der Waals surface area (Å²) in [7, 11) is 0. The molecule has 0 aliphatic rings. The lowest BCUT2D eigenvalue weighted by Crippen LogP contribution is -2.13. The Labute approximate surface area is 109 Å². The van der Waals surface area contributed by atoms with Crippen molar-refractivity contribution in [2.75, 3.05) is 5.73 Å². The Morgan fingerprint density at radius 1 is 1.26 bits per heavy atom. The number of carbonyl (C=O) groups is 1. The number of hydrogen-bond donors (Lipinski definition) is 1. The van der Waals surface area contributed by atoms with E-state index in [-0.39, 0.29) is 17.3 Å². The fourth-order valence-corrected chi connectivity index (χ4v) is 1.52. The average molecular weight is 261 g/mol. The molecule has 0 aliphatic carbocycles. The number of aromatic nitrogens is 2. The quantitative estimate of drug-likeness (QED) is 0.856. The maximum Gasteiger partial charge on any atom is 0.361 e. The zero-order valence-corrected chi connectivity index (χ0v) is 10.2. The third-order valence-electron chi connectivity index (χ3n) is 2.54. The molecular weight excluding hydrogens is 249 g/mol. The molecule has 0 radical (unpaired) electrons. The standard InChI is InChI=1S/C13H12FN3O2/c1-8(9-2-4-10(14)5-3-9)19-13(18)11-12(15)17-7-6-16-11/h2-8H,1H3,(H2,15,17). The SMILES string of the molecule is CC(OC(=O)c1nccnc1N)c1ccc(F)cc1. The minimum absolute atomic E-state index is 0.0128. The first-order valence-corrected chi connectivity index (χ1v) is 5.61. The van der Waals surface area contributed by atoms with Crippen LogP contribution in [0.1, 0.15) is 29.1 Å². The summed E-state index contributed by atoms with van der Waals surface area (Å²) in [6.45, 7) is 1.68. The molecule has 1 heterocycles. The lowest BCUT2D eigenvalue weighted by Gasteiger charge is -2.13. The molecule has 0 spiro atoms. The number of esters is 1. The van der Waals surface area contributed by atoms with E-state index in [4.69, 9.17) is 10.5 Å². The molecule has 5 nitrogen and oxygen atoms in total. The molecule has 6 heteroatoms. The molecule has 1 aromatic heterocycles. The largest absolute Gasteiger partial charge is 0.453 e. The van der Waals surface area contributed by atoms with Gasteiger partial charge in [0.1, 0.15) is 11.9 Å². The second-order valence-electron chi connectivity index (χ2n) is 3.89. The van der Waals surface area contributed by atoms with Gasteiger partial charge in [-0.25, -0.2) is 19.2 Å². The highest BCUT2D eigenvalue weighted by Crippen LogP contribution is 2.19. The second kappa shape index (κ2) is 5.43. The molecule has 2 N–H and O–H groups in total. The average Bonchev–Trinajstić information content (AvgIpc) is 2.39. The Morgan fingerprint density at radius 2 is 1.89 bits per heavy atom. The van der Waals surface area contributed by atoms with Crippen LogP contribution in [0.2, 0.25) is 0 Å². The molecule has 0 bridgehead atoms. The van der Waals surface area contributed by atoms with Gasteiger partial charge in [-0.3, -0.25) is 0 Å². The summed E-state index contributed by atoms with van der Waals surface area (Å²) in [5.41, 5.74) is 6.18. The van der Waals surface area contributed by atoms with Gasteiger partial charge in [0.2, 0.25) is 0 Å². The van der Waals surface area contributed by atoms with Crippen molar-refractivity contribution >= 4 is 11.8 Å². The smallest absolute Gasteiger partial charge is 0.361 e. The summed E-state index contributed by atoms with van der Waals surface area (Å²) >= 11 is 0. The summed E-state index contributed by atoms with van der Waals surface area (Å²) in [6, 6.07) is 5.70. The van der Waals surface area contributed by atoms with Gasteiger partial charge >= 0.3 is 5.97 Å². The van der Waals surface area contributed by atoms with Crippen LogP contribution in [0, 0.1) is 5.82 Å². The van der Waals surface area contributed by atoms with Crippen LogP contribution in [0.5, 0.6) is 0 Å². The highest BCUT2D eigenvalue weighted by Gasteiger charge is 2.17. The first kappa shape index (κ1) is 12.9. The van der Waals surface area contributed by atoms with Crippen molar-refractivity contribution in [1.29, 1.82) is 0 Å². The summed E-state index contributed by atoms with van der Waals surface area (Å²) in [4.78, 5) is 19.4. The van der Waals surface area contributed by atoms with Gasteiger partial charge in [0.15, 0.2) is 11.5 Å². The Bertz CT molecular complexity index is 587. The molecule has 0 saturated carbocycles. The Kier molecular flexibility index (Phi) is 3.70. The fourth-order valence-electron chi connectivity index (χ4n) is 1.52. The molecule has 1 unspecified atom stereocenters. The van der Waals surface area contributed by atoms with Crippen LogP contribution in [-0.2, 0) is 4.74 Å². The number of carbonyl (C=O) groups excluding carboxylic acids is 1. The predicted molar refractivity (Wildman–Crippen MR) is 66.7 cm³/mol.